The van der Waals surface area contributed by atoms with Gasteiger partial charge in [0.05, 0.1) is 58.6 Å². The molecule has 2 fully saturated rings. The van der Waals surface area contributed by atoms with Gasteiger partial charge in [-0.1, -0.05) is 29.0 Å². The van der Waals surface area contributed by atoms with Crippen LogP contribution in [-0.4, -0.2) is 58.3 Å². The Morgan fingerprint density at radius 1 is 1.18 bits per heavy atom. The van der Waals surface area contributed by atoms with Crippen molar-refractivity contribution in [3.63, 3.8) is 0 Å². The maximum Gasteiger partial charge on any atom is 0.306 e. The number of alkyl halides is 1. The Morgan fingerprint density at radius 3 is 2.71 bits per heavy atom. The van der Waals surface area contributed by atoms with Crippen molar-refractivity contribution in [2.24, 2.45) is 5.92 Å². The summed E-state index contributed by atoms with van der Waals surface area (Å²) < 4.78 is 34.6. The molecule has 1 amide bonds. The van der Waals surface area contributed by atoms with E-state index in [1.807, 2.05) is 0 Å². The number of halogens is 3. The number of amides is 1. The van der Waals surface area contributed by atoms with Gasteiger partial charge in [-0.25, -0.2) is 13.8 Å². The molecule has 38 heavy (non-hydrogen) atoms. The summed E-state index contributed by atoms with van der Waals surface area (Å²) in [6.45, 7) is 0.272. The normalized spacial score (nSPS) is 23.6. The molecule has 1 saturated carbocycles. The van der Waals surface area contributed by atoms with E-state index in [9.17, 15) is 18.4 Å². The van der Waals surface area contributed by atoms with Crippen LogP contribution in [0.2, 0.25) is 5.02 Å². The van der Waals surface area contributed by atoms with Gasteiger partial charge >= 0.3 is 5.97 Å². The molecule has 0 unspecified atom stereocenters. The maximum atomic E-state index is 14.3. The summed E-state index contributed by atoms with van der Waals surface area (Å²) in [6.07, 6.45) is 1.60. The van der Waals surface area contributed by atoms with E-state index in [-0.39, 0.29) is 55.8 Å². The largest absolute Gasteiger partial charge is 0.481 e. The summed E-state index contributed by atoms with van der Waals surface area (Å²) in [6, 6.07) is 9.32. The molecule has 2 N–H and O–H groups in total. The molecular formula is C27H28ClF2N3O4S. The Bertz CT molecular complexity index is 1330. The van der Waals surface area contributed by atoms with Crippen LogP contribution in [0.15, 0.2) is 36.4 Å². The molecule has 2 atom stereocenters. The molecule has 1 aromatic heterocycles. The number of likely N-dealkylation sites (tertiary alicyclic amines) is 1. The minimum absolute atomic E-state index is 0.0319. The highest BCUT2D eigenvalue weighted by Gasteiger charge is 2.36. The summed E-state index contributed by atoms with van der Waals surface area (Å²) in [5.41, 5.74) is 1.86. The molecule has 7 nitrogen and oxygen atoms in total. The molecule has 1 saturated heterocycles. The highest BCUT2D eigenvalue weighted by molar-refractivity contribution is 7.22. The molecule has 2 aromatic carbocycles. The third kappa shape index (κ3) is 6.24. The molecule has 0 radical (unpaired) electrons. The number of benzene rings is 2. The zero-order valence-corrected chi connectivity index (χ0v) is 22.1. The van der Waals surface area contributed by atoms with Gasteiger partial charge in [-0.05, 0) is 55.5 Å². The number of hydrogen-bond donors (Lipinski definition) is 2. The van der Waals surface area contributed by atoms with Crippen LogP contribution in [-0.2, 0) is 20.7 Å². The number of carbonyl (C=O) groups excluding carboxylic acids is 1. The minimum Gasteiger partial charge on any atom is -0.481 e. The summed E-state index contributed by atoms with van der Waals surface area (Å²) in [5, 5.41) is 13.3. The Kier molecular flexibility index (Phi) is 8.11. The summed E-state index contributed by atoms with van der Waals surface area (Å²) >= 11 is 7.85. The summed E-state index contributed by atoms with van der Waals surface area (Å²) in [7, 11) is 0. The molecule has 2 heterocycles. The molecule has 5 rings (SSSR count). The second-order valence-corrected chi connectivity index (χ2v) is 11.4. The van der Waals surface area contributed by atoms with Crippen LogP contribution in [0.25, 0.3) is 10.2 Å². The number of nitrogens with zero attached hydrogens (tertiary/aromatic N) is 2. The molecule has 3 aromatic rings. The average molecular weight is 564 g/mol. The van der Waals surface area contributed by atoms with E-state index in [1.54, 1.807) is 29.2 Å². The quantitative estimate of drug-likeness (QED) is 0.351. The van der Waals surface area contributed by atoms with Crippen LogP contribution in [0.3, 0.4) is 0 Å². The molecule has 202 valence electrons. The highest BCUT2D eigenvalue weighted by atomic mass is 35.5. The zero-order valence-electron chi connectivity index (χ0n) is 20.5. The van der Waals surface area contributed by atoms with Crippen LogP contribution in [0, 0.1) is 11.7 Å². The van der Waals surface area contributed by atoms with Crippen molar-refractivity contribution in [2.75, 3.05) is 18.5 Å². The number of carbonyl (C=O) groups is 2. The van der Waals surface area contributed by atoms with Gasteiger partial charge in [0.2, 0.25) is 5.91 Å². The van der Waals surface area contributed by atoms with Crippen molar-refractivity contribution >= 4 is 55.8 Å². The fourth-order valence-electron chi connectivity index (χ4n) is 5.16. The van der Waals surface area contributed by atoms with E-state index in [1.165, 1.54) is 23.5 Å². The van der Waals surface area contributed by atoms with Gasteiger partial charge < -0.3 is 20.1 Å². The van der Waals surface area contributed by atoms with Gasteiger partial charge in [0.25, 0.3) is 0 Å². The van der Waals surface area contributed by atoms with E-state index in [4.69, 9.17) is 21.4 Å². The van der Waals surface area contributed by atoms with Crippen LogP contribution in [0.4, 0.5) is 19.6 Å². The number of aliphatic carboxylic acids is 1. The van der Waals surface area contributed by atoms with Gasteiger partial charge in [-0.3, -0.25) is 9.59 Å². The van der Waals surface area contributed by atoms with E-state index in [0.29, 0.717) is 52.6 Å². The zero-order chi connectivity index (χ0) is 26.8. The van der Waals surface area contributed by atoms with Gasteiger partial charge in [0.1, 0.15) is 12.0 Å². The Labute approximate surface area is 227 Å². The average Bonchev–Trinajstić information content (AvgIpc) is 3.46. The van der Waals surface area contributed by atoms with Crippen molar-refractivity contribution in [3.8, 4) is 0 Å². The Balaban J connectivity index is 1.17. The molecule has 0 bridgehead atoms. The number of thiazole rings is 1. The van der Waals surface area contributed by atoms with E-state index < -0.39 is 12.1 Å². The number of rotatable bonds is 8. The smallest absolute Gasteiger partial charge is 0.306 e. The van der Waals surface area contributed by atoms with Crippen LogP contribution >= 0.6 is 22.9 Å². The van der Waals surface area contributed by atoms with Gasteiger partial charge in [-0.15, -0.1) is 0 Å². The van der Waals surface area contributed by atoms with Crippen LogP contribution < -0.4 is 5.32 Å². The minimum atomic E-state index is -1.10. The lowest BCUT2D eigenvalue weighted by Gasteiger charge is -2.29. The summed E-state index contributed by atoms with van der Waals surface area (Å²) in [4.78, 5) is 30.2. The molecule has 11 heteroatoms. The number of nitrogens with one attached hydrogen (secondary N) is 1. The fourth-order valence-corrected chi connectivity index (χ4v) is 6.27. The number of aromatic nitrogens is 1. The van der Waals surface area contributed by atoms with Gasteiger partial charge in [0.15, 0.2) is 5.13 Å². The molecule has 0 spiro atoms. The topological polar surface area (TPSA) is 91.8 Å². The second kappa shape index (κ2) is 11.5. The highest BCUT2D eigenvalue weighted by Crippen LogP contribution is 2.33. The Morgan fingerprint density at radius 2 is 1.97 bits per heavy atom. The lowest BCUT2D eigenvalue weighted by Crippen LogP contribution is -2.40. The number of carboxylic acid groups (broad SMARTS) is 1. The predicted molar refractivity (Wildman–Crippen MR) is 142 cm³/mol. The third-order valence-electron chi connectivity index (χ3n) is 7.21. The first kappa shape index (κ1) is 26.8. The number of anilines is 2. The second-order valence-electron chi connectivity index (χ2n) is 9.93. The van der Waals surface area contributed by atoms with Crippen LogP contribution in [0.1, 0.15) is 37.7 Å². The summed E-state index contributed by atoms with van der Waals surface area (Å²) in [5.74, 6) is -1.64. The van der Waals surface area contributed by atoms with Gasteiger partial charge in [-0.2, -0.15) is 0 Å². The molecule has 2 aliphatic rings. The fraction of sp³-hybridized carbons (Fsp3) is 0.444. The lowest BCUT2D eigenvalue weighted by molar-refractivity contribution is -0.144. The SMILES string of the molecule is O=C(O)C1CCC(OC[C@@H]2C[C@H](F)CN2C(=O)Cc2ccc(Nc3nc4cc(F)ccc4s3)c(Cl)c2)CC1. The van der Waals surface area contributed by atoms with Crippen molar-refractivity contribution in [2.45, 2.75) is 56.8 Å². The first-order valence-electron chi connectivity index (χ1n) is 12.6. The molecular weight excluding hydrogens is 536 g/mol. The number of carboxylic acids is 1. The van der Waals surface area contributed by atoms with Gasteiger partial charge in [0, 0.05) is 12.5 Å². The van der Waals surface area contributed by atoms with E-state index in [2.05, 4.69) is 10.3 Å². The number of ether oxygens (including phenoxy) is 1. The van der Waals surface area contributed by atoms with Crippen molar-refractivity contribution in [3.05, 3.63) is 52.8 Å². The number of hydrogen-bond acceptors (Lipinski definition) is 6. The number of fused-ring (bicyclic) bond motifs is 1. The van der Waals surface area contributed by atoms with Crippen LogP contribution in [0.5, 0.6) is 0 Å². The van der Waals surface area contributed by atoms with E-state index in [0.717, 1.165) is 4.70 Å². The maximum absolute atomic E-state index is 14.3. The third-order valence-corrected chi connectivity index (χ3v) is 8.48. The van der Waals surface area contributed by atoms with E-state index >= 15 is 0 Å². The first-order chi connectivity index (χ1) is 18.2. The lowest BCUT2D eigenvalue weighted by atomic mass is 9.87. The van der Waals surface area contributed by atoms with Crippen molar-refractivity contribution in [1.29, 1.82) is 0 Å². The van der Waals surface area contributed by atoms with Crippen molar-refractivity contribution < 1.29 is 28.2 Å². The first-order valence-corrected chi connectivity index (χ1v) is 13.8. The van der Waals surface area contributed by atoms with Crippen molar-refractivity contribution in [1.82, 2.24) is 9.88 Å². The predicted octanol–water partition coefficient (Wildman–Crippen LogP) is 5.97. The monoisotopic (exact) mass is 563 g/mol. The Hall–Kier alpha value is -2.82. The molecule has 1 aliphatic heterocycles. The standard InChI is InChI=1S/C27H28ClF2N3O4S/c28-21-9-15(1-7-22(21)31-27-32-23-12-17(29)4-8-24(23)38-27)10-25(34)33-13-18(30)11-19(33)14-37-20-5-2-16(3-6-20)26(35)36/h1,4,7-9,12,16,18-20H,2-3,5-6,10-11,13-14H2,(H,31,32)(H,35,36)/t16?,18-,19-,20?/m0/s1. The molecule has 1 aliphatic carbocycles.